The molecule has 1 aliphatic rings. The molecule has 1 aromatic rings. The van der Waals surface area contributed by atoms with Crippen LogP contribution in [0.5, 0.6) is 0 Å². The van der Waals surface area contributed by atoms with Crippen molar-refractivity contribution in [2.75, 3.05) is 13.1 Å². The summed E-state index contributed by atoms with van der Waals surface area (Å²) in [7, 11) is 0. The maximum Gasteiger partial charge on any atom is 0.325 e. The molecule has 0 spiro atoms. The van der Waals surface area contributed by atoms with Crippen molar-refractivity contribution in [3.63, 3.8) is 0 Å². The van der Waals surface area contributed by atoms with Gasteiger partial charge in [0.2, 0.25) is 0 Å². The molecule has 1 atom stereocenters. The topological polar surface area (TPSA) is 40.5 Å². The fourth-order valence-corrected chi connectivity index (χ4v) is 2.25. The van der Waals surface area contributed by atoms with Gasteiger partial charge in [0.15, 0.2) is 0 Å². The van der Waals surface area contributed by atoms with Crippen LogP contribution in [0, 0.1) is 0 Å². The summed E-state index contributed by atoms with van der Waals surface area (Å²) in [5.41, 5.74) is 2.13. The SMILES string of the molecule is CCN1CCc2ccccc2C1C(=O)O. The third-order valence-corrected chi connectivity index (χ3v) is 3.02. The molecular formula is C12H15NO2. The number of carboxylic acid groups (broad SMARTS) is 1. The molecule has 1 heterocycles. The molecule has 0 bridgehead atoms. The zero-order valence-electron chi connectivity index (χ0n) is 8.81. The Morgan fingerprint density at radius 2 is 2.27 bits per heavy atom. The van der Waals surface area contributed by atoms with Crippen LogP contribution in [0.3, 0.4) is 0 Å². The molecule has 0 fully saturated rings. The Morgan fingerprint density at radius 3 is 2.93 bits per heavy atom. The van der Waals surface area contributed by atoms with Crippen molar-refractivity contribution in [3.8, 4) is 0 Å². The van der Waals surface area contributed by atoms with E-state index in [1.807, 2.05) is 36.1 Å². The lowest BCUT2D eigenvalue weighted by molar-refractivity contribution is -0.143. The van der Waals surface area contributed by atoms with Crippen LogP contribution >= 0.6 is 0 Å². The summed E-state index contributed by atoms with van der Waals surface area (Å²) in [5, 5.41) is 9.24. The fourth-order valence-electron chi connectivity index (χ4n) is 2.25. The predicted molar refractivity (Wildman–Crippen MR) is 57.8 cm³/mol. The molecule has 1 unspecified atom stereocenters. The maximum atomic E-state index is 11.2. The number of fused-ring (bicyclic) bond motifs is 1. The van der Waals surface area contributed by atoms with Crippen molar-refractivity contribution < 1.29 is 9.90 Å². The van der Waals surface area contributed by atoms with Gasteiger partial charge in [-0.25, -0.2) is 0 Å². The highest BCUT2D eigenvalue weighted by molar-refractivity contribution is 5.76. The summed E-state index contributed by atoms with van der Waals surface area (Å²) >= 11 is 0. The summed E-state index contributed by atoms with van der Waals surface area (Å²) in [4.78, 5) is 13.2. The molecule has 80 valence electrons. The predicted octanol–water partition coefficient (Wildman–Crippen LogP) is 1.69. The van der Waals surface area contributed by atoms with Gasteiger partial charge in [-0.3, -0.25) is 9.69 Å². The quantitative estimate of drug-likeness (QED) is 0.798. The number of carbonyl (C=O) groups is 1. The first kappa shape index (κ1) is 10.2. The smallest absolute Gasteiger partial charge is 0.325 e. The van der Waals surface area contributed by atoms with E-state index in [1.165, 1.54) is 5.56 Å². The molecule has 0 radical (unpaired) electrons. The highest BCUT2D eigenvalue weighted by Gasteiger charge is 2.31. The van der Waals surface area contributed by atoms with Crippen molar-refractivity contribution in [3.05, 3.63) is 35.4 Å². The summed E-state index contributed by atoms with van der Waals surface area (Å²) in [6.07, 6.45) is 0.952. The summed E-state index contributed by atoms with van der Waals surface area (Å²) in [6.45, 7) is 3.62. The number of hydrogen-bond acceptors (Lipinski definition) is 2. The lowest BCUT2D eigenvalue weighted by atomic mass is 9.93. The van der Waals surface area contributed by atoms with Crippen LogP contribution in [0.15, 0.2) is 24.3 Å². The zero-order valence-corrected chi connectivity index (χ0v) is 8.81. The third kappa shape index (κ3) is 1.75. The second-order valence-electron chi connectivity index (χ2n) is 3.82. The number of carboxylic acids is 1. The average molecular weight is 205 g/mol. The molecule has 0 saturated carbocycles. The minimum absolute atomic E-state index is 0.458. The molecule has 0 amide bonds. The van der Waals surface area contributed by atoms with E-state index in [-0.39, 0.29) is 0 Å². The lowest BCUT2D eigenvalue weighted by Crippen LogP contribution is -2.39. The molecule has 0 aliphatic carbocycles. The second kappa shape index (κ2) is 4.03. The monoisotopic (exact) mass is 205 g/mol. The van der Waals surface area contributed by atoms with Gasteiger partial charge in [0.1, 0.15) is 6.04 Å². The number of likely N-dealkylation sites (N-methyl/N-ethyl adjacent to an activating group) is 1. The van der Waals surface area contributed by atoms with E-state index < -0.39 is 12.0 Å². The first-order valence-corrected chi connectivity index (χ1v) is 5.28. The Morgan fingerprint density at radius 1 is 1.53 bits per heavy atom. The van der Waals surface area contributed by atoms with Gasteiger partial charge in [-0.15, -0.1) is 0 Å². The maximum absolute atomic E-state index is 11.2. The number of rotatable bonds is 2. The van der Waals surface area contributed by atoms with Gasteiger partial charge in [-0.2, -0.15) is 0 Å². The normalized spacial score (nSPS) is 21.0. The van der Waals surface area contributed by atoms with Gasteiger partial charge < -0.3 is 5.11 Å². The summed E-state index contributed by atoms with van der Waals surface area (Å²) in [5.74, 6) is -0.746. The molecule has 1 aromatic carbocycles. The average Bonchev–Trinajstić information content (AvgIpc) is 2.27. The first-order chi connectivity index (χ1) is 7.24. The minimum atomic E-state index is -0.746. The van der Waals surface area contributed by atoms with Crippen LogP contribution in [-0.4, -0.2) is 29.1 Å². The number of hydrogen-bond donors (Lipinski definition) is 1. The van der Waals surface area contributed by atoms with E-state index >= 15 is 0 Å². The van der Waals surface area contributed by atoms with E-state index in [0.717, 1.165) is 25.1 Å². The van der Waals surface area contributed by atoms with Crippen LogP contribution in [0.4, 0.5) is 0 Å². The Labute approximate surface area is 89.3 Å². The molecule has 3 nitrogen and oxygen atoms in total. The number of benzene rings is 1. The summed E-state index contributed by atoms with van der Waals surface area (Å²) < 4.78 is 0. The Kier molecular flexibility index (Phi) is 2.73. The largest absolute Gasteiger partial charge is 0.480 e. The standard InChI is InChI=1S/C12H15NO2/c1-2-13-8-7-9-5-3-4-6-10(9)11(13)12(14)15/h3-6,11H,2,7-8H2,1H3,(H,14,15). The van der Waals surface area contributed by atoms with Gasteiger partial charge in [0, 0.05) is 6.54 Å². The molecule has 3 heteroatoms. The van der Waals surface area contributed by atoms with Crippen molar-refractivity contribution in [2.24, 2.45) is 0 Å². The van der Waals surface area contributed by atoms with E-state index in [0.29, 0.717) is 0 Å². The molecule has 1 aliphatic heterocycles. The molecular weight excluding hydrogens is 190 g/mol. The highest BCUT2D eigenvalue weighted by atomic mass is 16.4. The van der Waals surface area contributed by atoms with E-state index in [4.69, 9.17) is 0 Å². The van der Waals surface area contributed by atoms with Gasteiger partial charge in [-0.05, 0) is 24.1 Å². The van der Waals surface area contributed by atoms with Crippen LogP contribution < -0.4 is 0 Å². The lowest BCUT2D eigenvalue weighted by Gasteiger charge is -2.33. The second-order valence-corrected chi connectivity index (χ2v) is 3.82. The molecule has 0 saturated heterocycles. The van der Waals surface area contributed by atoms with Crippen LogP contribution in [0.2, 0.25) is 0 Å². The molecule has 15 heavy (non-hydrogen) atoms. The highest BCUT2D eigenvalue weighted by Crippen LogP contribution is 2.29. The minimum Gasteiger partial charge on any atom is -0.480 e. The Hall–Kier alpha value is -1.35. The molecule has 1 N–H and O–H groups in total. The van der Waals surface area contributed by atoms with Crippen LogP contribution in [0.25, 0.3) is 0 Å². The van der Waals surface area contributed by atoms with Crippen LogP contribution in [-0.2, 0) is 11.2 Å². The van der Waals surface area contributed by atoms with Gasteiger partial charge in [-0.1, -0.05) is 31.2 Å². The first-order valence-electron chi connectivity index (χ1n) is 5.28. The summed E-state index contributed by atoms with van der Waals surface area (Å²) in [6, 6.07) is 7.38. The van der Waals surface area contributed by atoms with E-state index in [9.17, 15) is 9.90 Å². The third-order valence-electron chi connectivity index (χ3n) is 3.02. The number of aliphatic carboxylic acids is 1. The zero-order chi connectivity index (χ0) is 10.8. The molecule has 2 rings (SSSR count). The fraction of sp³-hybridized carbons (Fsp3) is 0.417. The van der Waals surface area contributed by atoms with Gasteiger partial charge >= 0.3 is 5.97 Å². The van der Waals surface area contributed by atoms with Crippen molar-refractivity contribution in [1.29, 1.82) is 0 Å². The number of nitrogens with zero attached hydrogens (tertiary/aromatic N) is 1. The van der Waals surface area contributed by atoms with Gasteiger partial charge in [0.25, 0.3) is 0 Å². The molecule has 0 aromatic heterocycles. The van der Waals surface area contributed by atoms with Crippen molar-refractivity contribution in [1.82, 2.24) is 4.90 Å². The van der Waals surface area contributed by atoms with E-state index in [1.54, 1.807) is 0 Å². The Balaban J connectivity index is 2.43. The van der Waals surface area contributed by atoms with Crippen molar-refractivity contribution in [2.45, 2.75) is 19.4 Å². The van der Waals surface area contributed by atoms with Crippen molar-refractivity contribution >= 4 is 5.97 Å². The van der Waals surface area contributed by atoms with E-state index in [2.05, 4.69) is 0 Å². The van der Waals surface area contributed by atoms with Crippen LogP contribution in [0.1, 0.15) is 24.1 Å². The van der Waals surface area contributed by atoms with Gasteiger partial charge in [0.05, 0.1) is 0 Å². The Bertz CT molecular complexity index is 376.